The van der Waals surface area contributed by atoms with Crippen molar-refractivity contribution in [2.24, 2.45) is 0 Å². The van der Waals surface area contributed by atoms with Crippen molar-refractivity contribution in [1.82, 2.24) is 29.8 Å². The van der Waals surface area contributed by atoms with Crippen molar-refractivity contribution in [2.45, 2.75) is 13.5 Å². The number of aryl methyl sites for hydroxylation is 1. The van der Waals surface area contributed by atoms with Gasteiger partial charge in [0.25, 0.3) is 0 Å². The zero-order chi connectivity index (χ0) is 16.0. The van der Waals surface area contributed by atoms with Crippen molar-refractivity contribution in [1.29, 1.82) is 0 Å². The summed E-state index contributed by atoms with van der Waals surface area (Å²) in [5.74, 6) is 0.646. The number of aromatic hydroxyl groups is 1. The molecule has 0 bridgehead atoms. The van der Waals surface area contributed by atoms with E-state index in [9.17, 15) is 5.11 Å². The minimum Gasteiger partial charge on any atom is -0.504 e. The minimum absolute atomic E-state index is 0.0333. The summed E-state index contributed by atoms with van der Waals surface area (Å²) in [5.41, 5.74) is 8.65. The molecule has 0 saturated carbocycles. The summed E-state index contributed by atoms with van der Waals surface area (Å²) in [6.07, 6.45) is 3.20. The van der Waals surface area contributed by atoms with Gasteiger partial charge in [0.15, 0.2) is 23.1 Å². The van der Waals surface area contributed by atoms with E-state index in [0.717, 1.165) is 5.69 Å². The van der Waals surface area contributed by atoms with Crippen molar-refractivity contribution >= 4 is 16.9 Å². The first-order valence-corrected chi connectivity index (χ1v) is 7.01. The van der Waals surface area contributed by atoms with E-state index in [4.69, 9.17) is 5.73 Å². The van der Waals surface area contributed by atoms with Gasteiger partial charge in [-0.05, 0) is 29.4 Å². The van der Waals surface area contributed by atoms with Gasteiger partial charge in [-0.15, -0.1) is 0 Å². The Bertz CT molecular complexity index is 984. The molecule has 4 rings (SSSR count). The molecule has 0 atom stereocenters. The van der Waals surface area contributed by atoms with E-state index >= 15 is 0 Å². The van der Waals surface area contributed by atoms with Crippen LogP contribution in [0.4, 0.5) is 5.82 Å². The van der Waals surface area contributed by atoms with Crippen LogP contribution >= 0.6 is 0 Å². The highest BCUT2D eigenvalue weighted by Gasteiger charge is 2.23. The number of nitrogens with two attached hydrogens (primary N) is 1. The van der Waals surface area contributed by atoms with Crippen molar-refractivity contribution in [2.75, 3.05) is 5.73 Å². The predicted octanol–water partition coefficient (Wildman–Crippen LogP) is 1.78. The second kappa shape index (κ2) is 4.83. The van der Waals surface area contributed by atoms with E-state index in [0.29, 0.717) is 34.8 Å². The number of pyridine rings is 1. The molecule has 0 unspecified atom stereocenters. The van der Waals surface area contributed by atoms with Crippen LogP contribution < -0.4 is 5.73 Å². The number of nitrogen functional groups attached to an aromatic ring is 1. The van der Waals surface area contributed by atoms with Gasteiger partial charge in [-0.3, -0.25) is 0 Å². The lowest BCUT2D eigenvalue weighted by atomic mass is 10.2. The summed E-state index contributed by atoms with van der Waals surface area (Å²) in [4.78, 5) is 12.0. The quantitative estimate of drug-likeness (QED) is 0.525. The lowest BCUT2D eigenvalue weighted by Gasteiger charge is -2.05. The smallest absolute Gasteiger partial charge is 0.199 e. The van der Waals surface area contributed by atoms with Crippen LogP contribution in [0.15, 0.2) is 29.2 Å². The number of hydrogen-bond donors (Lipinski definition) is 3. The number of aromatic amines is 1. The van der Waals surface area contributed by atoms with Gasteiger partial charge in [0.2, 0.25) is 0 Å². The first-order chi connectivity index (χ1) is 11.2. The number of anilines is 1. The number of nitrogens with one attached hydrogen (secondary N) is 1. The van der Waals surface area contributed by atoms with Crippen LogP contribution in [-0.4, -0.2) is 34.9 Å². The Morgan fingerprint density at radius 1 is 1.35 bits per heavy atom. The van der Waals surface area contributed by atoms with Crippen LogP contribution in [0.25, 0.3) is 33.9 Å². The first kappa shape index (κ1) is 13.3. The standard InChI is InChI=1S/C14H13N7O2/c1-2-21-12-8(22)6-17-9(7-4-3-5-16-7)10(12)18-14(21)11-13(15)20-23-19-11/h3-6,16,22H,2H2,1H3,(H2,15,20). The summed E-state index contributed by atoms with van der Waals surface area (Å²) >= 11 is 0. The predicted molar refractivity (Wildman–Crippen MR) is 82.4 cm³/mol. The molecule has 0 saturated heterocycles. The number of H-pyrrole nitrogens is 1. The largest absolute Gasteiger partial charge is 0.504 e. The third-order valence-corrected chi connectivity index (χ3v) is 3.65. The number of rotatable bonds is 3. The molecule has 0 spiro atoms. The highest BCUT2D eigenvalue weighted by atomic mass is 16.6. The van der Waals surface area contributed by atoms with Crippen molar-refractivity contribution < 1.29 is 9.74 Å². The summed E-state index contributed by atoms with van der Waals surface area (Å²) in [7, 11) is 0. The molecule has 9 heteroatoms. The number of fused-ring (bicyclic) bond motifs is 1. The zero-order valence-corrected chi connectivity index (χ0v) is 12.2. The van der Waals surface area contributed by atoms with Gasteiger partial charge in [-0.2, -0.15) is 0 Å². The molecule has 9 nitrogen and oxygen atoms in total. The summed E-state index contributed by atoms with van der Waals surface area (Å²) in [6.45, 7) is 2.49. The average molecular weight is 311 g/mol. The third kappa shape index (κ3) is 1.86. The highest BCUT2D eigenvalue weighted by molar-refractivity contribution is 5.95. The second-order valence-corrected chi connectivity index (χ2v) is 4.95. The van der Waals surface area contributed by atoms with Crippen molar-refractivity contribution in [3.8, 4) is 28.7 Å². The number of hydrogen-bond acceptors (Lipinski definition) is 7. The van der Waals surface area contributed by atoms with E-state index in [1.807, 2.05) is 19.1 Å². The maximum atomic E-state index is 10.3. The van der Waals surface area contributed by atoms with E-state index < -0.39 is 0 Å². The van der Waals surface area contributed by atoms with Gasteiger partial charge in [-0.1, -0.05) is 0 Å². The number of aromatic nitrogens is 6. The minimum atomic E-state index is 0.0333. The maximum Gasteiger partial charge on any atom is 0.199 e. The average Bonchev–Trinajstić information content (AvgIpc) is 3.25. The molecule has 116 valence electrons. The number of nitrogens with zero attached hydrogens (tertiary/aromatic N) is 5. The Hall–Kier alpha value is -3.36. The molecule has 4 aromatic rings. The summed E-state index contributed by atoms with van der Waals surface area (Å²) in [5, 5.41) is 17.7. The van der Waals surface area contributed by atoms with Crippen LogP contribution in [0, 0.1) is 0 Å². The van der Waals surface area contributed by atoms with Crippen LogP contribution in [-0.2, 0) is 6.54 Å². The lowest BCUT2D eigenvalue weighted by Crippen LogP contribution is -2.00. The third-order valence-electron chi connectivity index (χ3n) is 3.65. The van der Waals surface area contributed by atoms with Gasteiger partial charge in [0.05, 0.1) is 11.9 Å². The summed E-state index contributed by atoms with van der Waals surface area (Å²) < 4.78 is 6.47. The fraction of sp³-hybridized carbons (Fsp3) is 0.143. The van der Waals surface area contributed by atoms with Crippen LogP contribution in [0.5, 0.6) is 5.75 Å². The van der Waals surface area contributed by atoms with Crippen molar-refractivity contribution in [3.63, 3.8) is 0 Å². The van der Waals surface area contributed by atoms with E-state index in [-0.39, 0.29) is 11.6 Å². The zero-order valence-electron chi connectivity index (χ0n) is 12.2. The fourth-order valence-corrected chi connectivity index (χ4v) is 2.64. The van der Waals surface area contributed by atoms with Gasteiger partial charge in [0, 0.05) is 12.7 Å². The molecule has 0 aliphatic heterocycles. The molecule has 0 aliphatic carbocycles. The Labute approximate surface area is 129 Å². The van der Waals surface area contributed by atoms with Crippen molar-refractivity contribution in [3.05, 3.63) is 24.5 Å². The number of imidazole rings is 1. The molecule has 0 radical (unpaired) electrons. The lowest BCUT2D eigenvalue weighted by molar-refractivity contribution is 0.310. The van der Waals surface area contributed by atoms with E-state index in [1.165, 1.54) is 6.20 Å². The molecule has 0 aliphatic rings. The molecular formula is C14H13N7O2. The van der Waals surface area contributed by atoms with E-state index in [2.05, 4.69) is 29.9 Å². The highest BCUT2D eigenvalue weighted by Crippen LogP contribution is 2.35. The first-order valence-electron chi connectivity index (χ1n) is 7.01. The fourth-order valence-electron chi connectivity index (χ4n) is 2.64. The van der Waals surface area contributed by atoms with Crippen LogP contribution in [0.3, 0.4) is 0 Å². The Morgan fingerprint density at radius 3 is 2.87 bits per heavy atom. The Kier molecular flexibility index (Phi) is 2.80. The van der Waals surface area contributed by atoms with Crippen LogP contribution in [0.1, 0.15) is 6.92 Å². The van der Waals surface area contributed by atoms with Gasteiger partial charge in [-0.25, -0.2) is 14.6 Å². The molecule has 4 heterocycles. The Balaban J connectivity index is 2.09. The second-order valence-electron chi connectivity index (χ2n) is 4.95. The van der Waals surface area contributed by atoms with Gasteiger partial charge in [0.1, 0.15) is 16.7 Å². The molecule has 4 aromatic heterocycles. The molecule has 0 aromatic carbocycles. The molecule has 0 amide bonds. The Morgan fingerprint density at radius 2 is 2.22 bits per heavy atom. The molecule has 23 heavy (non-hydrogen) atoms. The summed E-state index contributed by atoms with van der Waals surface area (Å²) in [6, 6.07) is 3.75. The van der Waals surface area contributed by atoms with Crippen LogP contribution in [0.2, 0.25) is 0 Å². The van der Waals surface area contributed by atoms with Gasteiger partial charge < -0.3 is 20.4 Å². The normalized spacial score (nSPS) is 11.3. The SMILES string of the molecule is CCn1c(-c2nonc2N)nc2c(-c3ccc[nH]3)ncc(O)c21. The maximum absolute atomic E-state index is 10.3. The molecule has 4 N–H and O–H groups in total. The topological polar surface area (TPSA) is 132 Å². The molecular weight excluding hydrogens is 298 g/mol. The monoisotopic (exact) mass is 311 g/mol. The molecule has 0 fully saturated rings. The van der Waals surface area contributed by atoms with E-state index in [1.54, 1.807) is 10.8 Å². The van der Waals surface area contributed by atoms with Gasteiger partial charge >= 0.3 is 0 Å².